The van der Waals surface area contributed by atoms with Crippen molar-refractivity contribution in [2.24, 2.45) is 0 Å². The van der Waals surface area contributed by atoms with Crippen molar-refractivity contribution in [3.63, 3.8) is 0 Å². The van der Waals surface area contributed by atoms with Crippen molar-refractivity contribution in [3.05, 3.63) is 72.2 Å². The van der Waals surface area contributed by atoms with E-state index >= 15 is 0 Å². The Kier molecular flexibility index (Phi) is 4.93. The first-order chi connectivity index (χ1) is 11.7. The van der Waals surface area contributed by atoms with Gasteiger partial charge in [0.05, 0.1) is 5.69 Å². The van der Waals surface area contributed by atoms with Crippen molar-refractivity contribution in [1.82, 2.24) is 24.7 Å². The maximum atomic E-state index is 4.63. The Morgan fingerprint density at radius 2 is 1.64 bits per heavy atom. The number of aryl methyl sites for hydroxylation is 2. The van der Waals surface area contributed by atoms with E-state index < -0.39 is 0 Å². The minimum Gasteiger partial charge on any atom is -0.439 e. The number of nitrogens with zero attached hydrogens (tertiary/aromatic N) is 5. The largest absolute Gasteiger partial charge is 0.439 e. The quantitative estimate of drug-likeness (QED) is 0.426. The van der Waals surface area contributed by atoms with Crippen LogP contribution in [0.5, 0.6) is 0 Å². The molecular formula is C19H16IrN5-. The van der Waals surface area contributed by atoms with E-state index in [4.69, 9.17) is 0 Å². The summed E-state index contributed by atoms with van der Waals surface area (Å²) in [4.78, 5) is 13.5. The maximum absolute atomic E-state index is 4.63. The second-order valence-electron chi connectivity index (χ2n) is 5.68. The molecule has 0 fully saturated rings. The molecule has 0 aliphatic heterocycles. The van der Waals surface area contributed by atoms with E-state index in [1.807, 2.05) is 41.1 Å². The second-order valence-corrected chi connectivity index (χ2v) is 5.68. The van der Waals surface area contributed by atoms with Crippen molar-refractivity contribution < 1.29 is 20.1 Å². The van der Waals surface area contributed by atoms with Gasteiger partial charge in [0.25, 0.3) is 0 Å². The molecule has 0 N–H and O–H groups in total. The fraction of sp³-hybridized carbons (Fsp3) is 0.105. The monoisotopic (exact) mass is 507 g/mol. The molecule has 2 aromatic heterocycles. The van der Waals surface area contributed by atoms with Gasteiger partial charge in [0.1, 0.15) is 6.33 Å². The van der Waals surface area contributed by atoms with Gasteiger partial charge < -0.3 is 9.97 Å². The molecule has 0 spiro atoms. The molecule has 4 rings (SSSR count). The molecule has 2 aromatic carbocycles. The van der Waals surface area contributed by atoms with Gasteiger partial charge in [-0.25, -0.2) is 9.67 Å². The van der Waals surface area contributed by atoms with Crippen LogP contribution in [0.2, 0.25) is 0 Å². The molecule has 0 saturated heterocycles. The summed E-state index contributed by atoms with van der Waals surface area (Å²) >= 11 is 0. The average Bonchev–Trinajstić information content (AvgIpc) is 3.24. The summed E-state index contributed by atoms with van der Waals surface area (Å²) in [5.74, 6) is 1.23. The first-order valence-electron chi connectivity index (χ1n) is 7.76. The molecule has 4 aromatic rings. The van der Waals surface area contributed by atoms with Crippen molar-refractivity contribution in [1.29, 1.82) is 0 Å². The fourth-order valence-electron chi connectivity index (χ4n) is 2.85. The van der Waals surface area contributed by atoms with E-state index in [-0.39, 0.29) is 20.1 Å². The predicted molar refractivity (Wildman–Crippen MR) is 92.8 cm³/mol. The fourth-order valence-corrected chi connectivity index (χ4v) is 2.85. The van der Waals surface area contributed by atoms with Gasteiger partial charge in [0, 0.05) is 20.1 Å². The van der Waals surface area contributed by atoms with Crippen LogP contribution in [0.4, 0.5) is 0 Å². The van der Waals surface area contributed by atoms with Crippen molar-refractivity contribution >= 4 is 0 Å². The van der Waals surface area contributed by atoms with Gasteiger partial charge in [-0.05, 0) is 42.1 Å². The first-order valence-corrected chi connectivity index (χ1v) is 7.76. The molecule has 0 unspecified atom stereocenters. The van der Waals surface area contributed by atoms with Crippen LogP contribution >= 0.6 is 0 Å². The molecule has 0 saturated carbocycles. The average molecular weight is 507 g/mol. The molecule has 127 valence electrons. The Balaban J connectivity index is 0.00000182. The number of imidazole rings is 1. The summed E-state index contributed by atoms with van der Waals surface area (Å²) in [6.07, 6.45) is 3.31. The van der Waals surface area contributed by atoms with Crippen molar-refractivity contribution in [3.8, 4) is 28.6 Å². The molecule has 5 nitrogen and oxygen atoms in total. The van der Waals surface area contributed by atoms with Crippen molar-refractivity contribution in [2.45, 2.75) is 13.8 Å². The Bertz CT molecular complexity index is 968. The minimum atomic E-state index is 0. The van der Waals surface area contributed by atoms with Gasteiger partial charge in [-0.2, -0.15) is 5.10 Å². The molecule has 1 radical (unpaired) electrons. The zero-order valence-electron chi connectivity index (χ0n) is 13.8. The summed E-state index contributed by atoms with van der Waals surface area (Å²) in [5.41, 5.74) is 5.17. The molecular weight excluding hydrogens is 490 g/mol. The zero-order valence-corrected chi connectivity index (χ0v) is 16.2. The van der Waals surface area contributed by atoms with Gasteiger partial charge >= 0.3 is 0 Å². The molecule has 25 heavy (non-hydrogen) atoms. The normalized spacial score (nSPS) is 10.5. The van der Waals surface area contributed by atoms with Crippen LogP contribution in [0, 0.1) is 13.8 Å². The van der Waals surface area contributed by atoms with Gasteiger partial charge in [0.2, 0.25) is 0 Å². The van der Waals surface area contributed by atoms with E-state index in [0.29, 0.717) is 11.6 Å². The van der Waals surface area contributed by atoms with E-state index in [1.54, 1.807) is 12.5 Å². The molecule has 0 amide bonds. The predicted octanol–water partition coefficient (Wildman–Crippen LogP) is 3.57. The standard InChI is InChI=1S/C19H16N5.Ir/c1-13-7-6-8-14(2)17(13)24-19(21-12-22-24)18-20-11-16(23-18)15-9-4-3-5-10-15;/h3-12H,1-2H3;/q-1;. The van der Waals surface area contributed by atoms with E-state index in [9.17, 15) is 0 Å². The van der Waals surface area contributed by atoms with Crippen LogP contribution in [0.15, 0.2) is 61.1 Å². The molecule has 0 aliphatic carbocycles. The van der Waals surface area contributed by atoms with Gasteiger partial charge in [-0.15, -0.1) is 0 Å². The Morgan fingerprint density at radius 1 is 0.920 bits per heavy atom. The van der Waals surface area contributed by atoms with Crippen LogP contribution in [0.3, 0.4) is 0 Å². The summed E-state index contributed by atoms with van der Waals surface area (Å²) in [6, 6.07) is 16.2. The summed E-state index contributed by atoms with van der Waals surface area (Å²) in [5, 5.41) is 4.39. The minimum absolute atomic E-state index is 0. The SMILES string of the molecule is Cc1cccc(C)c1-n1ncnc1-c1nc(-c2ccccc2)c[n-]1.[Ir]. The molecule has 0 atom stereocenters. The topological polar surface area (TPSA) is 57.7 Å². The van der Waals surface area contributed by atoms with E-state index in [2.05, 4.69) is 46.0 Å². The number of hydrogen-bond donors (Lipinski definition) is 0. The molecule has 0 bridgehead atoms. The number of aromatic nitrogens is 5. The number of benzene rings is 2. The van der Waals surface area contributed by atoms with E-state index in [1.165, 1.54) is 0 Å². The van der Waals surface area contributed by atoms with E-state index in [0.717, 1.165) is 28.1 Å². The summed E-state index contributed by atoms with van der Waals surface area (Å²) in [7, 11) is 0. The number of para-hydroxylation sites is 1. The molecule has 0 aliphatic rings. The first kappa shape index (κ1) is 17.3. The second kappa shape index (κ2) is 7.13. The van der Waals surface area contributed by atoms with Crippen LogP contribution in [-0.2, 0) is 20.1 Å². The smallest absolute Gasteiger partial charge is 0.155 e. The molecule has 2 heterocycles. The third-order valence-electron chi connectivity index (χ3n) is 4.00. The van der Waals surface area contributed by atoms with Crippen molar-refractivity contribution in [2.75, 3.05) is 0 Å². The van der Waals surface area contributed by atoms with Gasteiger partial charge in [-0.1, -0.05) is 54.7 Å². The summed E-state index contributed by atoms with van der Waals surface area (Å²) < 4.78 is 1.81. The summed E-state index contributed by atoms with van der Waals surface area (Å²) in [6.45, 7) is 4.13. The van der Waals surface area contributed by atoms with Crippen LogP contribution < -0.4 is 4.98 Å². The Labute approximate surface area is 159 Å². The zero-order chi connectivity index (χ0) is 16.5. The van der Waals surface area contributed by atoms with Crippen LogP contribution in [-0.4, -0.2) is 19.7 Å². The van der Waals surface area contributed by atoms with Crippen LogP contribution in [0.1, 0.15) is 11.1 Å². The Hall–Kier alpha value is -2.56. The van der Waals surface area contributed by atoms with Gasteiger partial charge in [0.15, 0.2) is 5.82 Å². The third kappa shape index (κ3) is 3.18. The number of hydrogen-bond acceptors (Lipinski definition) is 3. The number of rotatable bonds is 3. The third-order valence-corrected chi connectivity index (χ3v) is 4.00. The van der Waals surface area contributed by atoms with Gasteiger partial charge in [-0.3, -0.25) is 0 Å². The Morgan fingerprint density at radius 3 is 2.36 bits per heavy atom. The maximum Gasteiger partial charge on any atom is 0.155 e. The van der Waals surface area contributed by atoms with Crippen LogP contribution in [0.25, 0.3) is 28.6 Å². The molecule has 6 heteroatoms.